The summed E-state index contributed by atoms with van der Waals surface area (Å²) in [7, 11) is 0. The summed E-state index contributed by atoms with van der Waals surface area (Å²) in [6.45, 7) is 0.599. The Bertz CT molecular complexity index is 743. The molecule has 1 aromatic carbocycles. The van der Waals surface area contributed by atoms with Crippen LogP contribution < -0.4 is 0 Å². The maximum Gasteiger partial charge on any atom is 0.226 e. The van der Waals surface area contributed by atoms with Crippen LogP contribution in [-0.4, -0.2) is 38.8 Å². The summed E-state index contributed by atoms with van der Waals surface area (Å²) in [6, 6.07) is 7.14. The topological polar surface area (TPSA) is 69.2 Å². The second kappa shape index (κ2) is 6.22. The molecule has 1 saturated heterocycles. The van der Waals surface area contributed by atoms with Gasteiger partial charge in [0.05, 0.1) is 18.3 Å². The van der Waals surface area contributed by atoms with Crippen molar-refractivity contribution in [1.82, 2.24) is 15.1 Å². The summed E-state index contributed by atoms with van der Waals surface area (Å²) in [5.74, 6) is 0.105. The van der Waals surface area contributed by atoms with Crippen molar-refractivity contribution < 1.29 is 9.90 Å². The van der Waals surface area contributed by atoms with Crippen LogP contribution in [0.25, 0.3) is 0 Å². The summed E-state index contributed by atoms with van der Waals surface area (Å²) >= 11 is 5.96. The van der Waals surface area contributed by atoms with Gasteiger partial charge in [-0.3, -0.25) is 9.89 Å². The van der Waals surface area contributed by atoms with E-state index in [2.05, 4.69) is 10.2 Å². The normalized spacial score (nSPS) is 26.4. The number of aliphatic hydroxyl groups excluding tert-OH is 1. The van der Waals surface area contributed by atoms with Crippen molar-refractivity contribution in [2.75, 3.05) is 6.54 Å². The van der Waals surface area contributed by atoms with Crippen molar-refractivity contribution in [3.63, 3.8) is 0 Å². The van der Waals surface area contributed by atoms with E-state index in [0.29, 0.717) is 18.0 Å². The number of benzene rings is 1. The summed E-state index contributed by atoms with van der Waals surface area (Å²) in [5.41, 5.74) is 3.23. The lowest BCUT2D eigenvalue weighted by Crippen LogP contribution is -2.39. The van der Waals surface area contributed by atoms with Crippen LogP contribution in [0.1, 0.15) is 35.7 Å². The molecular formula is C18H20ClN3O2. The zero-order chi connectivity index (χ0) is 16.7. The molecule has 5 nitrogen and oxygen atoms in total. The number of aryl methyl sites for hydroxylation is 1. The second-order valence-electron chi connectivity index (χ2n) is 6.70. The predicted octanol–water partition coefficient (Wildman–Crippen LogP) is 2.50. The minimum Gasteiger partial charge on any atom is -0.391 e. The maximum atomic E-state index is 13.1. The molecule has 0 radical (unpaired) electrons. The molecule has 1 aliphatic carbocycles. The van der Waals surface area contributed by atoms with Crippen molar-refractivity contribution >= 4 is 17.5 Å². The number of aliphatic hydroxyl groups is 1. The Morgan fingerprint density at radius 2 is 2.08 bits per heavy atom. The van der Waals surface area contributed by atoms with E-state index in [-0.39, 0.29) is 17.9 Å². The Kier molecular flexibility index (Phi) is 4.06. The van der Waals surface area contributed by atoms with Gasteiger partial charge in [0.15, 0.2) is 0 Å². The van der Waals surface area contributed by atoms with Gasteiger partial charge in [0.25, 0.3) is 0 Å². The standard InChI is InChI=1S/C18H20ClN3O2/c19-14-4-1-11(2-5-14)17-16(23)7-8-22(17)18(24)12-3-6-15-13(9-12)10-20-21-15/h1-2,4-5,10,12,16-17,23H,3,6-9H2,(H,20,21)/t12?,16-,17-/m1/s1. The van der Waals surface area contributed by atoms with Crippen LogP contribution in [0, 0.1) is 5.92 Å². The number of carbonyl (C=O) groups excluding carboxylic acids is 1. The van der Waals surface area contributed by atoms with Gasteiger partial charge in [-0.05, 0) is 48.9 Å². The number of halogens is 1. The number of H-pyrrole nitrogens is 1. The van der Waals surface area contributed by atoms with Crippen molar-refractivity contribution in [3.05, 3.63) is 52.3 Å². The highest BCUT2D eigenvalue weighted by Crippen LogP contribution is 2.36. The van der Waals surface area contributed by atoms with E-state index in [0.717, 1.165) is 36.1 Å². The van der Waals surface area contributed by atoms with E-state index >= 15 is 0 Å². The van der Waals surface area contributed by atoms with E-state index in [1.807, 2.05) is 35.4 Å². The lowest BCUT2D eigenvalue weighted by atomic mass is 9.86. The zero-order valence-electron chi connectivity index (χ0n) is 13.3. The zero-order valence-corrected chi connectivity index (χ0v) is 14.0. The molecule has 2 heterocycles. The number of nitrogens with one attached hydrogen (secondary N) is 1. The molecule has 0 bridgehead atoms. The first-order valence-electron chi connectivity index (χ1n) is 8.38. The Morgan fingerprint density at radius 1 is 1.29 bits per heavy atom. The number of nitrogens with zero attached hydrogens (tertiary/aromatic N) is 2. The van der Waals surface area contributed by atoms with Gasteiger partial charge in [-0.15, -0.1) is 0 Å². The molecule has 2 N–H and O–H groups in total. The third kappa shape index (κ3) is 2.72. The van der Waals surface area contributed by atoms with Crippen LogP contribution in [0.5, 0.6) is 0 Å². The van der Waals surface area contributed by atoms with E-state index in [9.17, 15) is 9.90 Å². The van der Waals surface area contributed by atoms with E-state index in [4.69, 9.17) is 11.6 Å². The van der Waals surface area contributed by atoms with Crippen molar-refractivity contribution in [2.45, 2.75) is 37.8 Å². The lowest BCUT2D eigenvalue weighted by molar-refractivity contribution is -0.137. The third-order valence-electron chi connectivity index (χ3n) is 5.23. The average molecular weight is 346 g/mol. The van der Waals surface area contributed by atoms with Crippen LogP contribution in [0.3, 0.4) is 0 Å². The minimum atomic E-state index is -0.525. The van der Waals surface area contributed by atoms with Gasteiger partial charge in [0.1, 0.15) is 0 Å². The molecule has 2 aromatic rings. The van der Waals surface area contributed by atoms with Crippen LogP contribution in [0.4, 0.5) is 0 Å². The molecule has 1 fully saturated rings. The number of carbonyl (C=O) groups is 1. The molecule has 1 amide bonds. The number of likely N-dealkylation sites (tertiary alicyclic amines) is 1. The second-order valence-corrected chi connectivity index (χ2v) is 7.13. The van der Waals surface area contributed by atoms with Crippen LogP contribution in [0.2, 0.25) is 5.02 Å². The van der Waals surface area contributed by atoms with Gasteiger partial charge in [-0.2, -0.15) is 5.10 Å². The number of hydrogen-bond acceptors (Lipinski definition) is 3. The molecule has 1 unspecified atom stereocenters. The molecule has 0 spiro atoms. The van der Waals surface area contributed by atoms with E-state index in [1.165, 1.54) is 0 Å². The third-order valence-corrected chi connectivity index (χ3v) is 5.48. The van der Waals surface area contributed by atoms with Crippen molar-refractivity contribution in [2.24, 2.45) is 5.92 Å². The SMILES string of the molecule is O=C(C1CCc2[nH]ncc2C1)N1CC[C@@H](O)[C@H]1c1ccc(Cl)cc1. The van der Waals surface area contributed by atoms with E-state index in [1.54, 1.807) is 0 Å². The molecule has 6 heteroatoms. The molecular weight excluding hydrogens is 326 g/mol. The first kappa shape index (κ1) is 15.7. The van der Waals surface area contributed by atoms with Gasteiger partial charge >= 0.3 is 0 Å². The quantitative estimate of drug-likeness (QED) is 0.878. The Morgan fingerprint density at radius 3 is 2.88 bits per heavy atom. The number of rotatable bonds is 2. The smallest absolute Gasteiger partial charge is 0.226 e. The average Bonchev–Trinajstić information content (AvgIpc) is 3.21. The number of aromatic amines is 1. The molecule has 1 aromatic heterocycles. The van der Waals surface area contributed by atoms with Gasteiger partial charge in [0, 0.05) is 23.2 Å². The highest BCUT2D eigenvalue weighted by atomic mass is 35.5. The number of hydrogen-bond donors (Lipinski definition) is 2. The Hall–Kier alpha value is -1.85. The largest absolute Gasteiger partial charge is 0.391 e. The van der Waals surface area contributed by atoms with Gasteiger partial charge in [-0.25, -0.2) is 0 Å². The van der Waals surface area contributed by atoms with Crippen LogP contribution >= 0.6 is 11.6 Å². The molecule has 1 aliphatic heterocycles. The fourth-order valence-electron chi connectivity index (χ4n) is 3.95. The summed E-state index contributed by atoms with van der Waals surface area (Å²) in [4.78, 5) is 14.9. The van der Waals surface area contributed by atoms with Crippen LogP contribution in [-0.2, 0) is 17.6 Å². The first-order chi connectivity index (χ1) is 11.6. The highest BCUT2D eigenvalue weighted by Gasteiger charge is 2.40. The summed E-state index contributed by atoms with van der Waals surface area (Å²) < 4.78 is 0. The van der Waals surface area contributed by atoms with E-state index < -0.39 is 6.10 Å². The molecule has 0 saturated carbocycles. The van der Waals surface area contributed by atoms with Crippen LogP contribution in [0.15, 0.2) is 30.5 Å². The molecule has 24 heavy (non-hydrogen) atoms. The molecule has 2 aliphatic rings. The first-order valence-corrected chi connectivity index (χ1v) is 8.76. The summed E-state index contributed by atoms with van der Waals surface area (Å²) in [5, 5.41) is 18.2. The van der Waals surface area contributed by atoms with Gasteiger partial charge in [0.2, 0.25) is 5.91 Å². The Balaban J connectivity index is 1.56. The fraction of sp³-hybridized carbons (Fsp3) is 0.444. The number of fused-ring (bicyclic) bond motifs is 1. The predicted molar refractivity (Wildman–Crippen MR) is 90.6 cm³/mol. The van der Waals surface area contributed by atoms with Crippen molar-refractivity contribution in [1.29, 1.82) is 0 Å². The molecule has 126 valence electrons. The monoisotopic (exact) mass is 345 g/mol. The lowest BCUT2D eigenvalue weighted by Gasteiger charge is -2.31. The highest BCUT2D eigenvalue weighted by molar-refractivity contribution is 6.30. The van der Waals surface area contributed by atoms with Gasteiger partial charge in [-0.1, -0.05) is 23.7 Å². The number of aromatic nitrogens is 2. The Labute approximate surface area is 145 Å². The summed E-state index contributed by atoms with van der Waals surface area (Å²) in [6.07, 6.45) is 4.32. The molecule has 4 rings (SSSR count). The fourth-order valence-corrected chi connectivity index (χ4v) is 4.07. The van der Waals surface area contributed by atoms with Gasteiger partial charge < -0.3 is 10.0 Å². The minimum absolute atomic E-state index is 0.0322. The number of amides is 1. The van der Waals surface area contributed by atoms with Crippen molar-refractivity contribution in [3.8, 4) is 0 Å². The molecule has 3 atom stereocenters. The maximum absolute atomic E-state index is 13.1.